The fourth-order valence-electron chi connectivity index (χ4n) is 3.84. The fraction of sp³-hybridized carbons (Fsp3) is 0.409. The van der Waals surface area contributed by atoms with E-state index in [1.807, 2.05) is 0 Å². The normalized spacial score (nSPS) is 20.4. The molecule has 2 nitrogen and oxygen atoms in total. The zero-order valence-electron chi connectivity index (χ0n) is 17.7. The Morgan fingerprint density at radius 2 is 1.47 bits per heavy atom. The van der Waals surface area contributed by atoms with E-state index >= 15 is 0 Å². The maximum absolute atomic E-state index is 14.6. The molecule has 0 radical (unpaired) electrons. The van der Waals surface area contributed by atoms with Gasteiger partial charge in [-0.2, -0.15) is 39.5 Å². The molecule has 0 fully saturated rings. The van der Waals surface area contributed by atoms with E-state index in [1.165, 1.54) is 6.92 Å². The first-order valence-corrected chi connectivity index (χ1v) is 10.7. The van der Waals surface area contributed by atoms with Crippen molar-refractivity contribution in [2.75, 3.05) is 0 Å². The van der Waals surface area contributed by atoms with Gasteiger partial charge in [-0.05, 0) is 36.4 Å². The molecule has 0 bridgehead atoms. The number of carbonyl (C=O) groups excluding carboxylic acids is 1. The van der Waals surface area contributed by atoms with Gasteiger partial charge >= 0.3 is 23.9 Å². The predicted octanol–water partition coefficient (Wildman–Crippen LogP) is 7.39. The highest BCUT2D eigenvalue weighted by Gasteiger charge is 2.82. The van der Waals surface area contributed by atoms with E-state index in [2.05, 4.69) is 0 Å². The first-order chi connectivity index (χ1) is 15.5. The minimum atomic E-state index is -7.01. The number of hydrogen-bond acceptors (Lipinski definition) is 2. The smallest absolute Gasteiger partial charge is 0.306 e. The van der Waals surface area contributed by atoms with Crippen molar-refractivity contribution in [1.82, 2.24) is 4.90 Å². The zero-order valence-corrected chi connectivity index (χ0v) is 18.5. The van der Waals surface area contributed by atoms with E-state index < -0.39 is 41.7 Å². The summed E-state index contributed by atoms with van der Waals surface area (Å²) in [5.41, 5.74) is -1.93. The molecule has 3 rings (SSSR count). The number of rotatable bonds is 7. The Balaban J connectivity index is 2.07. The van der Waals surface area contributed by atoms with Crippen LogP contribution in [0.5, 0.6) is 0 Å². The number of halogens is 9. The van der Waals surface area contributed by atoms with E-state index in [0.29, 0.717) is 10.4 Å². The highest BCUT2D eigenvalue weighted by Crippen LogP contribution is 2.58. The van der Waals surface area contributed by atoms with Crippen LogP contribution in [0.4, 0.5) is 39.5 Å². The van der Waals surface area contributed by atoms with Gasteiger partial charge in [0, 0.05) is 6.42 Å². The summed E-state index contributed by atoms with van der Waals surface area (Å²) in [6.45, 7) is 1.90. The van der Waals surface area contributed by atoms with Crippen molar-refractivity contribution in [3.05, 3.63) is 63.9 Å². The van der Waals surface area contributed by atoms with E-state index in [1.54, 1.807) is 47.8 Å². The molecule has 0 saturated heterocycles. The van der Waals surface area contributed by atoms with Gasteiger partial charge in [-0.15, -0.1) is 11.3 Å². The maximum atomic E-state index is 14.6. The fourth-order valence-corrected chi connectivity index (χ4v) is 4.68. The standard InChI is InChI=1S/C22H18F9NOS/c1-13-16(15-9-6-10-34-15)32(11-14-7-4-3-5-8-14)17(33)18(13,2)12-19(23,24)20(25,26)21(27,28)22(29,30)31/h3-10H,11-12H2,1-2H3. The average molecular weight is 515 g/mol. The third-order valence-electron chi connectivity index (χ3n) is 5.89. The molecule has 1 aromatic carbocycles. The second-order valence-electron chi connectivity index (χ2n) is 8.19. The summed E-state index contributed by atoms with van der Waals surface area (Å²) in [4.78, 5) is 14.8. The zero-order chi connectivity index (χ0) is 25.7. The molecule has 0 spiro atoms. The molecule has 1 aromatic heterocycles. The van der Waals surface area contributed by atoms with Crippen LogP contribution in [0.3, 0.4) is 0 Å². The highest BCUT2D eigenvalue weighted by atomic mass is 32.1. The summed E-state index contributed by atoms with van der Waals surface area (Å²) >= 11 is 1.12. The van der Waals surface area contributed by atoms with Crippen LogP contribution < -0.4 is 0 Å². The number of benzene rings is 1. The molecular formula is C22H18F9NOS. The molecular weight excluding hydrogens is 497 g/mol. The van der Waals surface area contributed by atoms with Crippen LogP contribution in [0, 0.1) is 5.41 Å². The molecule has 0 N–H and O–H groups in total. The van der Waals surface area contributed by atoms with Crippen LogP contribution in [-0.4, -0.2) is 34.8 Å². The van der Waals surface area contributed by atoms with Gasteiger partial charge in [0.25, 0.3) is 0 Å². The van der Waals surface area contributed by atoms with Crippen molar-refractivity contribution >= 4 is 22.9 Å². The lowest BCUT2D eigenvalue weighted by atomic mass is 9.76. The van der Waals surface area contributed by atoms with Crippen LogP contribution in [0.2, 0.25) is 0 Å². The predicted molar refractivity (Wildman–Crippen MR) is 108 cm³/mol. The Bertz CT molecular complexity index is 1080. The lowest BCUT2D eigenvalue weighted by Gasteiger charge is -2.37. The lowest BCUT2D eigenvalue weighted by Crippen LogP contribution is -2.62. The summed E-state index contributed by atoms with van der Waals surface area (Å²) in [6, 6.07) is 11.4. The first-order valence-electron chi connectivity index (χ1n) is 9.78. The molecule has 1 unspecified atom stereocenters. The molecule has 1 aliphatic heterocycles. The molecule has 0 aliphatic carbocycles. The largest absolute Gasteiger partial charge is 0.460 e. The summed E-state index contributed by atoms with van der Waals surface area (Å²) in [5, 5.41) is 1.61. The topological polar surface area (TPSA) is 20.3 Å². The quantitative estimate of drug-likeness (QED) is 0.352. The number of amides is 1. The van der Waals surface area contributed by atoms with Gasteiger partial charge in [-0.1, -0.05) is 36.4 Å². The molecule has 2 aromatic rings. The number of hydrogen-bond donors (Lipinski definition) is 0. The minimum absolute atomic E-state index is 0.119. The van der Waals surface area contributed by atoms with Crippen molar-refractivity contribution < 1.29 is 44.3 Å². The number of thiophene rings is 1. The van der Waals surface area contributed by atoms with Gasteiger partial charge in [0.15, 0.2) is 0 Å². The molecule has 34 heavy (non-hydrogen) atoms. The molecule has 186 valence electrons. The Labute approximate surface area is 192 Å². The van der Waals surface area contributed by atoms with Gasteiger partial charge in [0.05, 0.1) is 22.5 Å². The Morgan fingerprint density at radius 1 is 0.882 bits per heavy atom. The number of alkyl halides is 9. The van der Waals surface area contributed by atoms with Crippen LogP contribution in [-0.2, 0) is 11.3 Å². The maximum Gasteiger partial charge on any atom is 0.460 e. The Morgan fingerprint density at radius 3 is 1.97 bits per heavy atom. The molecule has 1 aliphatic rings. The van der Waals surface area contributed by atoms with Crippen molar-refractivity contribution in [2.24, 2.45) is 5.41 Å². The SMILES string of the molecule is CC1=C(c2cccs2)N(Cc2ccccc2)C(=O)C1(C)CC(F)(F)C(F)(F)C(F)(F)C(F)(F)F. The molecule has 2 heterocycles. The molecule has 1 atom stereocenters. The second kappa shape index (κ2) is 8.31. The van der Waals surface area contributed by atoms with E-state index in [9.17, 15) is 44.3 Å². The second-order valence-corrected chi connectivity index (χ2v) is 9.14. The van der Waals surface area contributed by atoms with Gasteiger partial charge in [-0.3, -0.25) is 4.79 Å². The summed E-state index contributed by atoms with van der Waals surface area (Å²) in [6.07, 6.45) is -9.17. The van der Waals surface area contributed by atoms with Gasteiger partial charge in [0.1, 0.15) is 0 Å². The van der Waals surface area contributed by atoms with Crippen LogP contribution in [0.1, 0.15) is 30.7 Å². The van der Waals surface area contributed by atoms with Crippen molar-refractivity contribution in [1.29, 1.82) is 0 Å². The first kappa shape index (κ1) is 26.1. The summed E-state index contributed by atoms with van der Waals surface area (Å²) in [5.74, 6) is -20.8. The van der Waals surface area contributed by atoms with Crippen molar-refractivity contribution in [2.45, 2.75) is 50.8 Å². The molecule has 12 heteroatoms. The molecule has 0 saturated carbocycles. The van der Waals surface area contributed by atoms with Crippen LogP contribution in [0.15, 0.2) is 53.4 Å². The number of carbonyl (C=O) groups is 1. The van der Waals surface area contributed by atoms with Crippen molar-refractivity contribution in [3.63, 3.8) is 0 Å². The Kier molecular flexibility index (Phi) is 6.39. The van der Waals surface area contributed by atoms with Gasteiger partial charge < -0.3 is 4.90 Å². The summed E-state index contributed by atoms with van der Waals surface area (Å²) in [7, 11) is 0. The van der Waals surface area contributed by atoms with E-state index in [0.717, 1.165) is 23.2 Å². The summed E-state index contributed by atoms with van der Waals surface area (Å²) < 4.78 is 122. The van der Waals surface area contributed by atoms with Gasteiger partial charge in [0.2, 0.25) is 5.91 Å². The Hall–Kier alpha value is -2.50. The molecule has 1 amide bonds. The lowest BCUT2D eigenvalue weighted by molar-refractivity contribution is -0.398. The highest BCUT2D eigenvalue weighted by molar-refractivity contribution is 7.11. The van der Waals surface area contributed by atoms with Crippen LogP contribution >= 0.6 is 11.3 Å². The third-order valence-corrected chi connectivity index (χ3v) is 6.77. The number of nitrogens with zero attached hydrogens (tertiary/aromatic N) is 1. The van der Waals surface area contributed by atoms with E-state index in [4.69, 9.17) is 0 Å². The van der Waals surface area contributed by atoms with Crippen molar-refractivity contribution in [3.8, 4) is 0 Å². The van der Waals surface area contributed by atoms with E-state index in [-0.39, 0.29) is 17.8 Å². The van der Waals surface area contributed by atoms with Gasteiger partial charge in [-0.25, -0.2) is 0 Å². The third kappa shape index (κ3) is 3.99. The van der Waals surface area contributed by atoms with Crippen LogP contribution in [0.25, 0.3) is 5.70 Å². The average Bonchev–Trinajstić information content (AvgIpc) is 3.31. The monoisotopic (exact) mass is 515 g/mol. The minimum Gasteiger partial charge on any atom is -0.306 e.